The van der Waals surface area contributed by atoms with Gasteiger partial charge in [0.25, 0.3) is 5.91 Å². The Morgan fingerprint density at radius 3 is 2.61 bits per heavy atom. The number of nitrogens with zero attached hydrogens (tertiary/aromatic N) is 1. The normalized spacial score (nSPS) is 16.8. The molecule has 1 saturated heterocycles. The van der Waals surface area contributed by atoms with Crippen LogP contribution in [0.25, 0.3) is 0 Å². The van der Waals surface area contributed by atoms with E-state index in [-0.39, 0.29) is 17.6 Å². The fourth-order valence-electron chi connectivity index (χ4n) is 2.99. The van der Waals surface area contributed by atoms with Crippen molar-refractivity contribution < 1.29 is 27.4 Å². The lowest BCUT2D eigenvalue weighted by Gasteiger charge is -2.16. The number of amides is 1. The van der Waals surface area contributed by atoms with Gasteiger partial charge in [-0.3, -0.25) is 10.1 Å². The van der Waals surface area contributed by atoms with Crippen LogP contribution in [0.15, 0.2) is 47.5 Å². The predicted octanol–water partition coefficient (Wildman–Crippen LogP) is 4.74. The third kappa shape index (κ3) is 6.35. The summed E-state index contributed by atoms with van der Waals surface area (Å²) in [7, 11) is 1.48. The maximum absolute atomic E-state index is 12.8. The van der Waals surface area contributed by atoms with Crippen LogP contribution in [0.2, 0.25) is 5.02 Å². The topological polar surface area (TPSA) is 71.9 Å². The largest absolute Gasteiger partial charge is 0.495 e. The fourth-order valence-corrected chi connectivity index (χ4v) is 3.16. The first-order chi connectivity index (χ1) is 14.8. The average molecular weight is 456 g/mol. The number of ether oxygens (including phenoxy) is 2. The molecule has 1 heterocycles. The summed E-state index contributed by atoms with van der Waals surface area (Å²) in [6, 6.07) is 8.82. The predicted molar refractivity (Wildman–Crippen MR) is 112 cm³/mol. The molecule has 31 heavy (non-hydrogen) atoms. The van der Waals surface area contributed by atoms with Gasteiger partial charge in [0, 0.05) is 17.2 Å². The molecule has 1 fully saturated rings. The highest BCUT2D eigenvalue weighted by Crippen LogP contribution is 2.29. The van der Waals surface area contributed by atoms with Gasteiger partial charge in [-0.05, 0) is 55.3 Å². The molecule has 1 aliphatic heterocycles. The van der Waals surface area contributed by atoms with Crippen LogP contribution in [-0.4, -0.2) is 38.2 Å². The molecule has 10 heteroatoms. The number of nitrogens with one attached hydrogen (secondary N) is 2. The van der Waals surface area contributed by atoms with Crippen LogP contribution >= 0.6 is 11.6 Å². The van der Waals surface area contributed by atoms with Crippen molar-refractivity contribution in [2.24, 2.45) is 4.99 Å². The zero-order valence-corrected chi connectivity index (χ0v) is 17.4. The molecule has 1 atom stereocenters. The smallest absolute Gasteiger partial charge is 0.416 e. The number of carbonyl (C=O) groups excluding carboxylic acids is 1. The Bertz CT molecular complexity index is 943. The summed E-state index contributed by atoms with van der Waals surface area (Å²) in [5, 5.41) is 6.01. The zero-order valence-electron chi connectivity index (χ0n) is 16.6. The summed E-state index contributed by atoms with van der Waals surface area (Å²) >= 11 is 6.06. The lowest BCUT2D eigenvalue weighted by molar-refractivity contribution is -0.137. The summed E-state index contributed by atoms with van der Waals surface area (Å²) in [5.74, 6) is -0.0488. The van der Waals surface area contributed by atoms with Crippen molar-refractivity contribution in [2.75, 3.05) is 25.6 Å². The summed E-state index contributed by atoms with van der Waals surface area (Å²) in [6.45, 7) is 0.960. The first kappa shape index (κ1) is 22.9. The second-order valence-corrected chi connectivity index (χ2v) is 7.26. The lowest BCUT2D eigenvalue weighted by Crippen LogP contribution is -2.37. The lowest BCUT2D eigenvalue weighted by atomic mass is 10.1. The molecule has 0 saturated carbocycles. The highest BCUT2D eigenvalue weighted by molar-refractivity contribution is 6.31. The average Bonchev–Trinajstić information content (AvgIpc) is 3.25. The van der Waals surface area contributed by atoms with E-state index in [0.717, 1.165) is 37.1 Å². The molecule has 0 aromatic heterocycles. The van der Waals surface area contributed by atoms with Gasteiger partial charge >= 0.3 is 6.18 Å². The maximum Gasteiger partial charge on any atom is 0.416 e. The van der Waals surface area contributed by atoms with Crippen LogP contribution in [0, 0.1) is 0 Å². The van der Waals surface area contributed by atoms with Crippen molar-refractivity contribution in [3.05, 3.63) is 58.6 Å². The Balaban J connectivity index is 1.80. The van der Waals surface area contributed by atoms with Crippen molar-refractivity contribution in [1.29, 1.82) is 0 Å². The van der Waals surface area contributed by atoms with Gasteiger partial charge in [-0.2, -0.15) is 13.2 Å². The van der Waals surface area contributed by atoms with Gasteiger partial charge in [0.05, 0.1) is 31.0 Å². The SMILES string of the molecule is COc1ccc(Cl)cc1NC(=NC[C@H]1CCCO1)NC(=O)c1ccc(C(F)(F)F)cc1. The molecule has 0 spiro atoms. The number of benzene rings is 2. The monoisotopic (exact) mass is 455 g/mol. The molecule has 2 aromatic rings. The van der Waals surface area contributed by atoms with E-state index in [0.29, 0.717) is 29.6 Å². The number of hydrogen-bond donors (Lipinski definition) is 2. The van der Waals surface area contributed by atoms with Crippen molar-refractivity contribution >= 4 is 29.2 Å². The second kappa shape index (κ2) is 10.0. The molecule has 0 bridgehead atoms. The van der Waals surface area contributed by atoms with E-state index in [2.05, 4.69) is 15.6 Å². The first-order valence-corrected chi connectivity index (χ1v) is 9.89. The van der Waals surface area contributed by atoms with Gasteiger partial charge in [0.2, 0.25) is 5.96 Å². The van der Waals surface area contributed by atoms with Gasteiger partial charge in [-0.1, -0.05) is 11.6 Å². The van der Waals surface area contributed by atoms with Crippen molar-refractivity contribution in [3.8, 4) is 5.75 Å². The van der Waals surface area contributed by atoms with Crippen LogP contribution in [0.1, 0.15) is 28.8 Å². The van der Waals surface area contributed by atoms with Crippen molar-refractivity contribution in [3.63, 3.8) is 0 Å². The number of aliphatic imine (C=N–C) groups is 1. The molecule has 2 aromatic carbocycles. The molecular formula is C21H21ClF3N3O3. The molecule has 0 unspecified atom stereocenters. The summed E-state index contributed by atoms with van der Waals surface area (Å²) in [4.78, 5) is 17.0. The maximum atomic E-state index is 12.8. The van der Waals surface area contributed by atoms with Gasteiger partial charge in [0.1, 0.15) is 5.75 Å². The van der Waals surface area contributed by atoms with Gasteiger partial charge in [-0.25, -0.2) is 4.99 Å². The van der Waals surface area contributed by atoms with Crippen LogP contribution in [0.5, 0.6) is 5.75 Å². The van der Waals surface area contributed by atoms with Crippen molar-refractivity contribution in [1.82, 2.24) is 5.32 Å². The quantitative estimate of drug-likeness (QED) is 0.504. The van der Waals surface area contributed by atoms with E-state index < -0.39 is 17.6 Å². The van der Waals surface area contributed by atoms with Gasteiger partial charge < -0.3 is 14.8 Å². The van der Waals surface area contributed by atoms with Crippen LogP contribution in [-0.2, 0) is 10.9 Å². The Morgan fingerprint density at radius 2 is 2.00 bits per heavy atom. The number of rotatable bonds is 5. The van der Waals surface area contributed by atoms with Crippen molar-refractivity contribution in [2.45, 2.75) is 25.1 Å². The molecule has 1 aliphatic rings. The van der Waals surface area contributed by atoms with Gasteiger partial charge in [-0.15, -0.1) is 0 Å². The number of carbonyl (C=O) groups is 1. The second-order valence-electron chi connectivity index (χ2n) is 6.82. The van der Waals surface area contributed by atoms with E-state index in [1.54, 1.807) is 18.2 Å². The third-order valence-electron chi connectivity index (χ3n) is 4.60. The summed E-state index contributed by atoms with van der Waals surface area (Å²) < 4.78 is 49.1. The molecule has 166 valence electrons. The standard InChI is InChI=1S/C21H21ClF3N3O3/c1-30-18-9-8-15(22)11-17(18)27-20(26-12-16-3-2-10-31-16)28-19(29)13-4-6-14(7-5-13)21(23,24)25/h4-9,11,16H,2-3,10,12H2,1H3,(H2,26,27,28,29)/t16-/m1/s1. The van der Waals surface area contributed by atoms with E-state index >= 15 is 0 Å². The molecule has 0 aliphatic carbocycles. The number of halogens is 4. The minimum Gasteiger partial charge on any atom is -0.495 e. The Kier molecular flexibility index (Phi) is 7.40. The Morgan fingerprint density at radius 1 is 1.26 bits per heavy atom. The molecule has 1 amide bonds. The Hall–Kier alpha value is -2.78. The highest BCUT2D eigenvalue weighted by Gasteiger charge is 2.30. The molecular weight excluding hydrogens is 435 g/mol. The van der Waals surface area contributed by atoms with Gasteiger partial charge in [0.15, 0.2) is 0 Å². The molecule has 2 N–H and O–H groups in total. The Labute approximate surface area is 182 Å². The number of hydrogen-bond acceptors (Lipinski definition) is 4. The first-order valence-electron chi connectivity index (χ1n) is 9.51. The van der Waals surface area contributed by atoms with E-state index in [1.807, 2.05) is 0 Å². The van der Waals surface area contributed by atoms with E-state index in [1.165, 1.54) is 7.11 Å². The zero-order chi connectivity index (χ0) is 22.4. The van der Waals surface area contributed by atoms with Crippen LogP contribution < -0.4 is 15.4 Å². The van der Waals surface area contributed by atoms with E-state index in [9.17, 15) is 18.0 Å². The summed E-state index contributed by atoms with van der Waals surface area (Å²) in [5.41, 5.74) is -0.315. The number of alkyl halides is 3. The number of anilines is 1. The minimum absolute atomic E-state index is 0.0534. The van der Waals surface area contributed by atoms with Crippen LogP contribution in [0.4, 0.5) is 18.9 Å². The third-order valence-corrected chi connectivity index (χ3v) is 4.83. The molecule has 3 rings (SSSR count). The molecule has 6 nitrogen and oxygen atoms in total. The minimum atomic E-state index is -4.48. The van der Waals surface area contributed by atoms with E-state index in [4.69, 9.17) is 21.1 Å². The van der Waals surface area contributed by atoms with Crippen LogP contribution in [0.3, 0.4) is 0 Å². The molecule has 0 radical (unpaired) electrons. The highest BCUT2D eigenvalue weighted by atomic mass is 35.5. The number of guanidine groups is 1. The number of methoxy groups -OCH3 is 1. The summed E-state index contributed by atoms with van der Waals surface area (Å²) in [6.07, 6.45) is -2.76. The fraction of sp³-hybridized carbons (Fsp3) is 0.333.